The molecule has 0 saturated heterocycles. The number of pyridine rings is 1. The van der Waals surface area contributed by atoms with Crippen molar-refractivity contribution in [2.24, 2.45) is 0 Å². The molecule has 1 aromatic heterocycles. The van der Waals surface area contributed by atoms with Gasteiger partial charge in [0.1, 0.15) is 0 Å². The maximum absolute atomic E-state index is 11.6. The zero-order valence-electron chi connectivity index (χ0n) is 10.7. The van der Waals surface area contributed by atoms with E-state index < -0.39 is 5.97 Å². The Labute approximate surface area is 134 Å². The van der Waals surface area contributed by atoms with Crippen LogP contribution in [0.15, 0.2) is 53.0 Å². The lowest BCUT2D eigenvalue weighted by Gasteiger charge is -2.09. The van der Waals surface area contributed by atoms with Gasteiger partial charge in [-0.1, -0.05) is 57.9 Å². The minimum atomic E-state index is -1.01. The number of nitrogens with zero attached hydrogens (tertiary/aromatic N) is 1. The Bertz CT molecular complexity index is 850. The number of hydrogen-bond donors (Lipinski definition) is 1. The number of aromatic nitrogens is 1. The molecule has 104 valence electrons. The summed E-state index contributed by atoms with van der Waals surface area (Å²) < 4.78 is 0.659. The Hall–Kier alpha value is -1.91. The van der Waals surface area contributed by atoms with E-state index in [9.17, 15) is 9.90 Å². The molecule has 0 aliphatic carbocycles. The largest absolute Gasteiger partial charge is 0.478 e. The van der Waals surface area contributed by atoms with Gasteiger partial charge in [0, 0.05) is 15.4 Å². The van der Waals surface area contributed by atoms with Crippen LogP contribution >= 0.6 is 27.5 Å². The molecular formula is C16H9BrClNO2. The molecule has 21 heavy (non-hydrogen) atoms. The quantitative estimate of drug-likeness (QED) is 0.696. The molecule has 2 aromatic carbocycles. The molecule has 0 spiro atoms. The fourth-order valence-corrected chi connectivity index (χ4v) is 2.93. The van der Waals surface area contributed by atoms with Gasteiger partial charge in [-0.3, -0.25) is 0 Å². The highest BCUT2D eigenvalue weighted by Crippen LogP contribution is 2.34. The Morgan fingerprint density at radius 2 is 1.86 bits per heavy atom. The molecule has 0 amide bonds. The van der Waals surface area contributed by atoms with Gasteiger partial charge in [0.15, 0.2) is 0 Å². The third-order valence-electron chi connectivity index (χ3n) is 3.16. The van der Waals surface area contributed by atoms with Crippen LogP contribution in [0, 0.1) is 0 Å². The normalized spacial score (nSPS) is 10.8. The van der Waals surface area contributed by atoms with Crippen LogP contribution in [0.1, 0.15) is 10.4 Å². The molecular weight excluding hydrogens is 354 g/mol. The summed E-state index contributed by atoms with van der Waals surface area (Å²) in [6.45, 7) is 0. The van der Waals surface area contributed by atoms with Gasteiger partial charge in [-0.15, -0.1) is 0 Å². The van der Waals surface area contributed by atoms with Crippen molar-refractivity contribution >= 4 is 44.4 Å². The Kier molecular flexibility index (Phi) is 3.66. The number of halogens is 2. The Morgan fingerprint density at radius 3 is 2.52 bits per heavy atom. The molecule has 3 aromatic rings. The number of fused-ring (bicyclic) bond motifs is 1. The first-order valence-electron chi connectivity index (χ1n) is 6.15. The molecule has 0 bridgehead atoms. The summed E-state index contributed by atoms with van der Waals surface area (Å²) in [5.41, 5.74) is 2.08. The second-order valence-electron chi connectivity index (χ2n) is 4.48. The van der Waals surface area contributed by atoms with E-state index in [2.05, 4.69) is 20.9 Å². The lowest BCUT2D eigenvalue weighted by molar-refractivity contribution is 0.0699. The maximum atomic E-state index is 11.6. The Morgan fingerprint density at radius 1 is 1.14 bits per heavy atom. The van der Waals surface area contributed by atoms with E-state index in [1.807, 2.05) is 30.3 Å². The van der Waals surface area contributed by atoms with E-state index in [0.29, 0.717) is 26.1 Å². The summed E-state index contributed by atoms with van der Waals surface area (Å²) in [5, 5.41) is 10.4. The van der Waals surface area contributed by atoms with Crippen LogP contribution in [0.4, 0.5) is 0 Å². The van der Waals surface area contributed by atoms with Crippen molar-refractivity contribution < 1.29 is 9.90 Å². The van der Waals surface area contributed by atoms with Gasteiger partial charge in [0.2, 0.25) is 0 Å². The highest BCUT2D eigenvalue weighted by atomic mass is 79.9. The number of benzene rings is 2. The van der Waals surface area contributed by atoms with E-state index >= 15 is 0 Å². The first kappa shape index (κ1) is 14.0. The van der Waals surface area contributed by atoms with Gasteiger partial charge < -0.3 is 5.11 Å². The highest BCUT2D eigenvalue weighted by molar-refractivity contribution is 9.10. The van der Waals surface area contributed by atoms with Gasteiger partial charge in [-0.2, -0.15) is 0 Å². The van der Waals surface area contributed by atoms with Gasteiger partial charge in [-0.25, -0.2) is 9.78 Å². The second kappa shape index (κ2) is 5.47. The monoisotopic (exact) mass is 361 g/mol. The third-order valence-corrected chi connectivity index (χ3v) is 4.13. The van der Waals surface area contributed by atoms with Crippen LogP contribution in [0.25, 0.3) is 22.2 Å². The zero-order valence-corrected chi connectivity index (χ0v) is 13.0. The first-order chi connectivity index (χ1) is 10.1. The average Bonchev–Trinajstić information content (AvgIpc) is 2.51. The topological polar surface area (TPSA) is 50.2 Å². The van der Waals surface area contributed by atoms with Gasteiger partial charge in [0.05, 0.1) is 21.8 Å². The molecule has 0 saturated carbocycles. The summed E-state index contributed by atoms with van der Waals surface area (Å²) in [6, 6.07) is 14.4. The number of carbonyl (C=O) groups is 1. The van der Waals surface area contributed by atoms with Crippen molar-refractivity contribution in [3.63, 3.8) is 0 Å². The van der Waals surface area contributed by atoms with E-state index in [4.69, 9.17) is 11.6 Å². The van der Waals surface area contributed by atoms with Gasteiger partial charge in [0.25, 0.3) is 0 Å². The molecule has 0 aliphatic rings. The summed E-state index contributed by atoms with van der Waals surface area (Å²) in [6.07, 6.45) is 0. The molecule has 3 nitrogen and oxygen atoms in total. The number of carboxylic acid groups (broad SMARTS) is 1. The lowest BCUT2D eigenvalue weighted by Crippen LogP contribution is -2.01. The third kappa shape index (κ3) is 2.52. The second-order valence-corrected chi connectivity index (χ2v) is 5.74. The summed E-state index contributed by atoms with van der Waals surface area (Å²) in [7, 11) is 0. The van der Waals surface area contributed by atoms with Crippen LogP contribution in [0.3, 0.4) is 0 Å². The van der Waals surface area contributed by atoms with E-state index in [0.717, 1.165) is 5.56 Å². The van der Waals surface area contributed by atoms with Gasteiger partial charge >= 0.3 is 5.97 Å². The standard InChI is InChI=1S/C16H9BrClNO2/c17-11-6-7-12(18)15-14(11)10(16(20)21)8-13(19-15)9-4-2-1-3-5-9/h1-8H,(H,20,21). The number of carboxylic acids is 1. The summed E-state index contributed by atoms with van der Waals surface area (Å²) in [4.78, 5) is 16.1. The molecule has 1 N–H and O–H groups in total. The van der Waals surface area contributed by atoms with Crippen LogP contribution in [-0.4, -0.2) is 16.1 Å². The minimum absolute atomic E-state index is 0.174. The fraction of sp³-hybridized carbons (Fsp3) is 0. The van der Waals surface area contributed by atoms with E-state index in [1.165, 1.54) is 0 Å². The number of hydrogen-bond acceptors (Lipinski definition) is 2. The van der Waals surface area contributed by atoms with Crippen molar-refractivity contribution in [3.8, 4) is 11.3 Å². The van der Waals surface area contributed by atoms with Crippen molar-refractivity contribution in [2.45, 2.75) is 0 Å². The smallest absolute Gasteiger partial charge is 0.336 e. The van der Waals surface area contributed by atoms with Crippen molar-refractivity contribution in [1.82, 2.24) is 4.98 Å². The van der Waals surface area contributed by atoms with E-state index in [1.54, 1.807) is 18.2 Å². The number of aromatic carboxylic acids is 1. The molecule has 1 heterocycles. The zero-order chi connectivity index (χ0) is 15.0. The molecule has 0 fully saturated rings. The maximum Gasteiger partial charge on any atom is 0.336 e. The molecule has 5 heteroatoms. The molecule has 0 radical (unpaired) electrons. The predicted octanol–water partition coefficient (Wildman–Crippen LogP) is 5.02. The molecule has 3 rings (SSSR count). The van der Waals surface area contributed by atoms with E-state index in [-0.39, 0.29) is 5.56 Å². The van der Waals surface area contributed by atoms with Crippen molar-refractivity contribution in [3.05, 3.63) is 63.6 Å². The average molecular weight is 363 g/mol. The van der Waals surface area contributed by atoms with Crippen LogP contribution < -0.4 is 0 Å². The molecule has 0 unspecified atom stereocenters. The highest BCUT2D eigenvalue weighted by Gasteiger charge is 2.17. The van der Waals surface area contributed by atoms with Crippen LogP contribution in [0.5, 0.6) is 0 Å². The van der Waals surface area contributed by atoms with Crippen LogP contribution in [-0.2, 0) is 0 Å². The lowest BCUT2D eigenvalue weighted by atomic mass is 10.0. The van der Waals surface area contributed by atoms with Gasteiger partial charge in [-0.05, 0) is 18.2 Å². The molecule has 0 aliphatic heterocycles. The minimum Gasteiger partial charge on any atom is -0.478 e. The summed E-state index contributed by atoms with van der Waals surface area (Å²) in [5.74, 6) is -1.01. The number of rotatable bonds is 2. The molecule has 0 atom stereocenters. The van der Waals surface area contributed by atoms with Crippen molar-refractivity contribution in [2.75, 3.05) is 0 Å². The Balaban J connectivity index is 2.41. The summed E-state index contributed by atoms with van der Waals surface area (Å²) >= 11 is 9.56. The first-order valence-corrected chi connectivity index (χ1v) is 7.32. The predicted molar refractivity (Wildman–Crippen MR) is 86.8 cm³/mol. The fourth-order valence-electron chi connectivity index (χ4n) is 2.19. The SMILES string of the molecule is O=C(O)c1cc(-c2ccccc2)nc2c(Cl)ccc(Br)c12. The van der Waals surface area contributed by atoms with Crippen LogP contribution in [0.2, 0.25) is 5.02 Å². The van der Waals surface area contributed by atoms with Crippen molar-refractivity contribution in [1.29, 1.82) is 0 Å².